The number of carbonyl (C=O) groups is 1. The van der Waals surface area contributed by atoms with Crippen molar-refractivity contribution >= 4 is 17.5 Å². The van der Waals surface area contributed by atoms with E-state index >= 15 is 0 Å². The minimum atomic E-state index is -0.161. The highest BCUT2D eigenvalue weighted by Gasteiger charge is 2.14. The van der Waals surface area contributed by atoms with Crippen molar-refractivity contribution in [1.82, 2.24) is 4.90 Å². The molecule has 0 heterocycles. The number of aryl methyl sites for hydroxylation is 1. The van der Waals surface area contributed by atoms with E-state index in [4.69, 9.17) is 16.9 Å². The molecule has 0 saturated heterocycles. The summed E-state index contributed by atoms with van der Waals surface area (Å²) in [5, 5.41) is 9.16. The number of hydrogen-bond donors (Lipinski definition) is 0. The van der Waals surface area contributed by atoms with Gasteiger partial charge >= 0.3 is 0 Å². The summed E-state index contributed by atoms with van der Waals surface area (Å²) in [7, 11) is 0. The van der Waals surface area contributed by atoms with Gasteiger partial charge in [-0.1, -0.05) is 17.7 Å². The number of rotatable bonds is 3. The summed E-state index contributed by atoms with van der Waals surface area (Å²) in [6, 6.07) is 7.13. The Morgan fingerprint density at radius 3 is 2.75 bits per heavy atom. The number of nitriles is 1. The average molecular weight is 237 g/mol. The van der Waals surface area contributed by atoms with Crippen LogP contribution in [0.4, 0.5) is 0 Å². The van der Waals surface area contributed by atoms with Crippen molar-refractivity contribution in [3.05, 3.63) is 34.3 Å². The second-order valence-electron chi connectivity index (χ2n) is 3.44. The molecule has 0 N–H and O–H groups in total. The van der Waals surface area contributed by atoms with Gasteiger partial charge in [0.1, 0.15) is 6.54 Å². The maximum Gasteiger partial charge on any atom is 0.254 e. The molecule has 4 heteroatoms. The first-order valence-electron chi connectivity index (χ1n) is 5.02. The van der Waals surface area contributed by atoms with E-state index in [2.05, 4.69) is 0 Å². The zero-order valence-electron chi connectivity index (χ0n) is 9.33. The first-order valence-corrected chi connectivity index (χ1v) is 5.40. The Morgan fingerprint density at radius 1 is 1.56 bits per heavy atom. The van der Waals surface area contributed by atoms with Crippen LogP contribution in [0.2, 0.25) is 5.02 Å². The molecule has 0 spiro atoms. The van der Waals surface area contributed by atoms with Gasteiger partial charge in [0, 0.05) is 17.1 Å². The summed E-state index contributed by atoms with van der Waals surface area (Å²) < 4.78 is 0. The zero-order valence-corrected chi connectivity index (χ0v) is 10.1. The summed E-state index contributed by atoms with van der Waals surface area (Å²) in [5.41, 5.74) is 1.45. The second kappa shape index (κ2) is 5.53. The molecule has 0 bridgehead atoms. The molecule has 16 heavy (non-hydrogen) atoms. The van der Waals surface area contributed by atoms with E-state index in [0.717, 1.165) is 5.56 Å². The van der Waals surface area contributed by atoms with Crippen molar-refractivity contribution in [1.29, 1.82) is 5.26 Å². The van der Waals surface area contributed by atoms with E-state index in [1.165, 1.54) is 4.90 Å². The fourth-order valence-corrected chi connectivity index (χ4v) is 1.50. The molecular formula is C12H13ClN2O. The van der Waals surface area contributed by atoms with Crippen molar-refractivity contribution < 1.29 is 4.79 Å². The molecule has 0 fully saturated rings. The van der Waals surface area contributed by atoms with Gasteiger partial charge < -0.3 is 4.90 Å². The summed E-state index contributed by atoms with van der Waals surface area (Å²) in [4.78, 5) is 13.4. The molecule has 0 unspecified atom stereocenters. The molecule has 0 saturated carbocycles. The molecule has 0 atom stereocenters. The monoisotopic (exact) mass is 236 g/mol. The number of nitrogens with zero attached hydrogens (tertiary/aromatic N) is 2. The Balaban J connectivity index is 2.95. The highest BCUT2D eigenvalue weighted by molar-refractivity contribution is 6.31. The maximum atomic E-state index is 11.9. The molecule has 84 valence electrons. The Kier molecular flexibility index (Phi) is 4.33. The lowest BCUT2D eigenvalue weighted by molar-refractivity contribution is 0.0784. The van der Waals surface area contributed by atoms with Gasteiger partial charge in [0.2, 0.25) is 0 Å². The molecule has 1 aromatic carbocycles. The average Bonchev–Trinajstić information content (AvgIpc) is 2.28. The summed E-state index contributed by atoms with van der Waals surface area (Å²) in [5.74, 6) is -0.161. The van der Waals surface area contributed by atoms with Crippen molar-refractivity contribution in [2.45, 2.75) is 13.8 Å². The lowest BCUT2D eigenvalue weighted by Crippen LogP contribution is -2.31. The molecule has 3 nitrogen and oxygen atoms in total. The Labute approximate surface area is 100 Å². The molecule has 0 aliphatic heterocycles. The summed E-state index contributed by atoms with van der Waals surface area (Å²) in [6.07, 6.45) is 0. The lowest BCUT2D eigenvalue weighted by Gasteiger charge is -2.17. The van der Waals surface area contributed by atoms with Crippen LogP contribution in [0.15, 0.2) is 18.2 Å². The van der Waals surface area contributed by atoms with Gasteiger partial charge in [-0.2, -0.15) is 5.26 Å². The summed E-state index contributed by atoms with van der Waals surface area (Å²) >= 11 is 5.95. The van der Waals surface area contributed by atoms with E-state index in [9.17, 15) is 4.79 Å². The van der Waals surface area contributed by atoms with Gasteiger partial charge in [-0.3, -0.25) is 4.79 Å². The number of carbonyl (C=O) groups excluding carboxylic acids is 1. The van der Waals surface area contributed by atoms with Gasteiger partial charge in [0.25, 0.3) is 5.91 Å². The first-order chi connectivity index (χ1) is 7.60. The fraction of sp³-hybridized carbons (Fsp3) is 0.333. The van der Waals surface area contributed by atoms with Crippen LogP contribution in [0.25, 0.3) is 0 Å². The van der Waals surface area contributed by atoms with E-state index in [0.29, 0.717) is 17.1 Å². The third-order valence-corrected chi connectivity index (χ3v) is 2.76. The van der Waals surface area contributed by atoms with E-state index in [-0.39, 0.29) is 12.5 Å². The van der Waals surface area contributed by atoms with Crippen LogP contribution in [0, 0.1) is 18.3 Å². The Hall–Kier alpha value is -1.53. The SMILES string of the molecule is CCN(CC#N)C(=O)c1ccc(C)c(Cl)c1. The van der Waals surface area contributed by atoms with Crippen LogP contribution >= 0.6 is 11.6 Å². The van der Waals surface area contributed by atoms with Crippen molar-refractivity contribution in [2.75, 3.05) is 13.1 Å². The fourth-order valence-electron chi connectivity index (χ4n) is 1.32. The standard InChI is InChI=1S/C12H13ClN2O/c1-3-15(7-6-14)12(16)10-5-4-9(2)11(13)8-10/h4-5,8H,3,7H2,1-2H3. The van der Waals surface area contributed by atoms with Crippen LogP contribution in [0.3, 0.4) is 0 Å². The van der Waals surface area contributed by atoms with Gasteiger partial charge in [-0.15, -0.1) is 0 Å². The van der Waals surface area contributed by atoms with E-state index < -0.39 is 0 Å². The van der Waals surface area contributed by atoms with Crippen molar-refractivity contribution in [3.63, 3.8) is 0 Å². The number of hydrogen-bond acceptors (Lipinski definition) is 2. The van der Waals surface area contributed by atoms with Gasteiger partial charge in [0.05, 0.1) is 6.07 Å². The number of benzene rings is 1. The molecular weight excluding hydrogens is 224 g/mol. The molecule has 1 rings (SSSR count). The number of halogens is 1. The second-order valence-corrected chi connectivity index (χ2v) is 3.85. The molecule has 0 radical (unpaired) electrons. The highest BCUT2D eigenvalue weighted by Crippen LogP contribution is 2.17. The summed E-state index contributed by atoms with van der Waals surface area (Å²) in [6.45, 7) is 4.33. The van der Waals surface area contributed by atoms with Crippen LogP contribution < -0.4 is 0 Å². The maximum absolute atomic E-state index is 11.9. The quantitative estimate of drug-likeness (QED) is 0.758. The lowest BCUT2D eigenvalue weighted by atomic mass is 10.1. The van der Waals surface area contributed by atoms with E-state index in [1.54, 1.807) is 18.2 Å². The van der Waals surface area contributed by atoms with Crippen molar-refractivity contribution in [3.8, 4) is 6.07 Å². The smallest absolute Gasteiger partial charge is 0.254 e. The predicted molar refractivity (Wildman–Crippen MR) is 63.4 cm³/mol. The Morgan fingerprint density at radius 2 is 2.25 bits per heavy atom. The van der Waals surface area contributed by atoms with Crippen molar-refractivity contribution in [2.24, 2.45) is 0 Å². The van der Waals surface area contributed by atoms with Gasteiger partial charge in [-0.25, -0.2) is 0 Å². The Bertz CT molecular complexity index is 437. The number of amides is 1. The van der Waals surface area contributed by atoms with Crippen LogP contribution in [-0.2, 0) is 0 Å². The predicted octanol–water partition coefficient (Wildman–Crippen LogP) is 2.63. The molecule has 0 aliphatic rings. The largest absolute Gasteiger partial charge is 0.326 e. The third-order valence-electron chi connectivity index (χ3n) is 2.35. The minimum Gasteiger partial charge on any atom is -0.326 e. The van der Waals surface area contributed by atoms with Crippen LogP contribution in [0.1, 0.15) is 22.8 Å². The molecule has 0 aliphatic carbocycles. The molecule has 1 aromatic rings. The van der Waals surface area contributed by atoms with E-state index in [1.807, 2.05) is 19.9 Å². The van der Waals surface area contributed by atoms with Crippen LogP contribution in [0.5, 0.6) is 0 Å². The van der Waals surface area contributed by atoms with Gasteiger partial charge in [-0.05, 0) is 31.5 Å². The highest BCUT2D eigenvalue weighted by atomic mass is 35.5. The van der Waals surface area contributed by atoms with Crippen LogP contribution in [-0.4, -0.2) is 23.9 Å². The zero-order chi connectivity index (χ0) is 12.1. The first kappa shape index (κ1) is 12.5. The minimum absolute atomic E-state index is 0.0980. The molecule has 0 aromatic heterocycles. The van der Waals surface area contributed by atoms with Gasteiger partial charge in [0.15, 0.2) is 0 Å². The third kappa shape index (κ3) is 2.74. The molecule has 1 amide bonds. The topological polar surface area (TPSA) is 44.1 Å². The normalized spacial score (nSPS) is 9.62.